The second-order valence-corrected chi connectivity index (χ2v) is 9.60. The number of esters is 2. The molecule has 0 radical (unpaired) electrons. The topological polar surface area (TPSA) is 86.8 Å². The fraction of sp³-hybridized carbons (Fsp3) is 0.379. The first kappa shape index (κ1) is 23.0. The van der Waals surface area contributed by atoms with Crippen molar-refractivity contribution in [1.82, 2.24) is 4.98 Å². The Hall–Kier alpha value is -3.42. The van der Waals surface area contributed by atoms with Gasteiger partial charge in [-0.15, -0.1) is 0 Å². The molecule has 3 aromatic rings. The molecule has 7 heteroatoms. The zero-order chi connectivity index (χ0) is 24.5. The van der Waals surface area contributed by atoms with Gasteiger partial charge in [0.25, 0.3) is 0 Å². The van der Waals surface area contributed by atoms with Crippen LogP contribution in [-0.4, -0.2) is 54.6 Å². The van der Waals surface area contributed by atoms with Crippen molar-refractivity contribution in [3.63, 3.8) is 0 Å². The first-order valence-electron chi connectivity index (χ1n) is 12.6. The molecular weight excluding hydrogens is 458 g/mol. The van der Waals surface area contributed by atoms with Gasteiger partial charge in [-0.3, -0.25) is 9.59 Å². The van der Waals surface area contributed by atoms with Crippen LogP contribution in [0.5, 0.6) is 0 Å². The normalized spacial score (nSPS) is 24.4. The molecule has 3 aliphatic rings. The molecule has 3 heterocycles. The molecule has 2 fully saturated rings. The maximum atomic E-state index is 12.6. The second-order valence-electron chi connectivity index (χ2n) is 9.60. The molecule has 36 heavy (non-hydrogen) atoms. The quantitative estimate of drug-likeness (QED) is 0.481. The van der Waals surface area contributed by atoms with Crippen LogP contribution in [0.1, 0.15) is 36.0 Å². The van der Waals surface area contributed by atoms with E-state index in [2.05, 4.69) is 23.2 Å². The van der Waals surface area contributed by atoms with Crippen molar-refractivity contribution >= 4 is 28.4 Å². The molecule has 1 aliphatic carbocycles. The van der Waals surface area contributed by atoms with Gasteiger partial charge in [-0.1, -0.05) is 48.5 Å². The van der Waals surface area contributed by atoms with Gasteiger partial charge < -0.3 is 23.9 Å². The van der Waals surface area contributed by atoms with Crippen LogP contribution in [0.3, 0.4) is 0 Å². The van der Waals surface area contributed by atoms with Gasteiger partial charge in [0.05, 0.1) is 13.2 Å². The average Bonchev–Trinajstić information content (AvgIpc) is 3.67. The maximum absolute atomic E-state index is 12.6. The number of carbonyl (C=O) groups is 2. The molecular formula is C29H29NO6. The summed E-state index contributed by atoms with van der Waals surface area (Å²) >= 11 is 0. The number of rotatable bonds is 8. The Bertz CT molecular complexity index is 1310. The predicted molar refractivity (Wildman–Crippen MR) is 133 cm³/mol. The van der Waals surface area contributed by atoms with Gasteiger partial charge in [-0.05, 0) is 47.6 Å². The number of hydrogen-bond acceptors (Lipinski definition) is 6. The van der Waals surface area contributed by atoms with Crippen molar-refractivity contribution < 1.29 is 28.5 Å². The molecule has 6 rings (SSSR count). The lowest BCUT2D eigenvalue weighted by Gasteiger charge is -2.17. The molecule has 2 aromatic carbocycles. The number of H-pyrrole nitrogens is 1. The molecule has 7 nitrogen and oxygen atoms in total. The third kappa shape index (κ3) is 4.56. The number of aromatic nitrogens is 1. The largest absolute Gasteiger partial charge is 0.457 e. The summed E-state index contributed by atoms with van der Waals surface area (Å²) in [5.74, 6) is -0.555. The van der Waals surface area contributed by atoms with Crippen LogP contribution in [0.2, 0.25) is 0 Å². The number of para-hydroxylation sites is 1. The third-order valence-corrected chi connectivity index (χ3v) is 7.33. The molecule has 1 aromatic heterocycles. The van der Waals surface area contributed by atoms with E-state index in [1.165, 1.54) is 16.7 Å². The predicted octanol–water partition coefficient (Wildman–Crippen LogP) is 4.14. The highest BCUT2D eigenvalue weighted by atomic mass is 16.7. The van der Waals surface area contributed by atoms with Crippen LogP contribution in [0.4, 0.5) is 0 Å². The Labute approximate surface area is 209 Å². The summed E-state index contributed by atoms with van der Waals surface area (Å²) in [5.41, 5.74) is 5.86. The first-order valence-corrected chi connectivity index (χ1v) is 12.6. The number of allylic oxidation sites excluding steroid dienone is 2. The van der Waals surface area contributed by atoms with E-state index in [4.69, 9.17) is 18.9 Å². The first-order chi connectivity index (χ1) is 17.7. The summed E-state index contributed by atoms with van der Waals surface area (Å²) in [7, 11) is 0. The van der Waals surface area contributed by atoms with Crippen molar-refractivity contribution in [1.29, 1.82) is 0 Å². The molecule has 0 amide bonds. The highest BCUT2D eigenvalue weighted by Gasteiger charge is 2.51. The fourth-order valence-electron chi connectivity index (χ4n) is 5.49. The summed E-state index contributed by atoms with van der Waals surface area (Å²) < 4.78 is 23.1. The molecule has 0 saturated carbocycles. The Morgan fingerprint density at radius 3 is 2.31 bits per heavy atom. The van der Waals surface area contributed by atoms with E-state index in [0.717, 1.165) is 22.9 Å². The molecule has 2 aliphatic heterocycles. The number of ether oxygens (including phenoxy) is 4. The monoisotopic (exact) mass is 487 g/mol. The Morgan fingerprint density at radius 1 is 0.861 bits per heavy atom. The Morgan fingerprint density at radius 2 is 1.53 bits per heavy atom. The number of fused-ring (bicyclic) bond motifs is 3. The zero-order valence-electron chi connectivity index (χ0n) is 20.0. The van der Waals surface area contributed by atoms with Crippen LogP contribution < -0.4 is 0 Å². The highest BCUT2D eigenvalue weighted by molar-refractivity contribution is 5.83. The van der Waals surface area contributed by atoms with Crippen molar-refractivity contribution in [3.8, 4) is 0 Å². The van der Waals surface area contributed by atoms with E-state index in [1.54, 1.807) is 0 Å². The van der Waals surface area contributed by atoms with Gasteiger partial charge in [0.15, 0.2) is 12.2 Å². The average molecular weight is 488 g/mol. The minimum absolute atomic E-state index is 0.242. The summed E-state index contributed by atoms with van der Waals surface area (Å²) in [5, 5.41) is 1.12. The van der Waals surface area contributed by atoms with Crippen molar-refractivity contribution in [2.45, 2.75) is 56.5 Å². The lowest BCUT2D eigenvalue weighted by molar-refractivity contribution is -0.155. The number of nitrogens with one attached hydrogen (secondary N) is 1. The zero-order valence-corrected chi connectivity index (χ0v) is 20.0. The minimum atomic E-state index is -0.491. The molecule has 0 spiro atoms. The van der Waals surface area contributed by atoms with Crippen molar-refractivity contribution in [3.05, 3.63) is 77.5 Å². The molecule has 1 N–H and O–H groups in total. The molecule has 2 saturated heterocycles. The Kier molecular flexibility index (Phi) is 6.34. The van der Waals surface area contributed by atoms with Crippen LogP contribution >= 0.6 is 0 Å². The number of benzene rings is 2. The smallest absolute Gasteiger partial charge is 0.306 e. The number of aryl methyl sites for hydroxylation is 1. The number of carbonyl (C=O) groups excluding carboxylic acids is 2. The van der Waals surface area contributed by atoms with Crippen LogP contribution in [0, 0.1) is 0 Å². The fourth-order valence-corrected chi connectivity index (χ4v) is 5.49. The van der Waals surface area contributed by atoms with Gasteiger partial charge in [-0.25, -0.2) is 0 Å². The summed E-state index contributed by atoms with van der Waals surface area (Å²) in [6, 6.07) is 16.3. The molecule has 186 valence electrons. The Balaban J connectivity index is 0.967. The van der Waals surface area contributed by atoms with E-state index >= 15 is 0 Å². The van der Waals surface area contributed by atoms with Crippen molar-refractivity contribution in [2.24, 2.45) is 0 Å². The summed E-state index contributed by atoms with van der Waals surface area (Å²) in [4.78, 5) is 28.3. The van der Waals surface area contributed by atoms with E-state index in [1.807, 2.05) is 42.6 Å². The van der Waals surface area contributed by atoms with Gasteiger partial charge in [0.2, 0.25) is 0 Å². The van der Waals surface area contributed by atoms with Crippen LogP contribution in [0.25, 0.3) is 16.5 Å². The van der Waals surface area contributed by atoms with E-state index in [-0.39, 0.29) is 31.6 Å². The van der Waals surface area contributed by atoms with Gasteiger partial charge in [0.1, 0.15) is 12.2 Å². The van der Waals surface area contributed by atoms with E-state index < -0.39 is 24.4 Å². The van der Waals surface area contributed by atoms with Crippen LogP contribution in [-0.2, 0) is 41.4 Å². The highest BCUT2D eigenvalue weighted by Crippen LogP contribution is 2.33. The van der Waals surface area contributed by atoms with Crippen molar-refractivity contribution in [2.75, 3.05) is 13.2 Å². The maximum Gasteiger partial charge on any atom is 0.306 e. The van der Waals surface area contributed by atoms with Gasteiger partial charge in [-0.2, -0.15) is 0 Å². The molecule has 4 atom stereocenters. The lowest BCUT2D eigenvalue weighted by atomic mass is 10.0. The third-order valence-electron chi connectivity index (χ3n) is 7.33. The molecule has 0 bridgehead atoms. The second kappa shape index (κ2) is 9.91. The van der Waals surface area contributed by atoms with Gasteiger partial charge >= 0.3 is 11.9 Å². The number of aromatic amines is 1. The minimum Gasteiger partial charge on any atom is -0.457 e. The van der Waals surface area contributed by atoms with E-state index in [9.17, 15) is 9.59 Å². The summed E-state index contributed by atoms with van der Waals surface area (Å²) in [6.07, 6.45) is 5.05. The lowest BCUT2D eigenvalue weighted by Crippen LogP contribution is -2.36. The number of hydrogen-bond donors (Lipinski definition) is 1. The standard InChI is InChI=1S/C29H29NO6/c31-26(13-11-19-10-9-18-5-1-2-6-21(18)19)35-24-16-33-29-25(17-34-28(24)29)36-27(32)14-12-20-15-30-23-8-4-3-7-22(20)23/h1-8,10,15,24-25,28-30H,9,11-14,16-17H2/t24-,25+,28+,29+/m0/s1. The summed E-state index contributed by atoms with van der Waals surface area (Å²) in [6.45, 7) is 0.488. The SMILES string of the molecule is O=C(CCC1=CCc2ccccc21)O[C@H]1CO[C@H]2[C@@H]1OC[C@H]2OC(=O)CCc1c[nH]c2ccccc12. The van der Waals surface area contributed by atoms with Gasteiger partial charge in [0, 0.05) is 29.9 Å². The van der Waals surface area contributed by atoms with Crippen LogP contribution in [0.15, 0.2) is 60.8 Å². The molecule has 0 unspecified atom stereocenters. The van der Waals surface area contributed by atoms with E-state index in [0.29, 0.717) is 19.3 Å².